The fourth-order valence-corrected chi connectivity index (χ4v) is 3.63. The standard InChI is InChI=1S/C23H28N4O5/c1-30-19-12-9-16(20(31-2)21(19)32-3)14-25-27-13-5-4-6-18(27)23(29)26-17-10-7-15(8-11-17)22(24)28/h7-12,14,18H,4-6,13H2,1-3H3,(H2,24,28)(H,26,29)/b25-14+. The molecule has 1 heterocycles. The Morgan fingerprint density at radius 2 is 1.75 bits per heavy atom. The Balaban J connectivity index is 1.77. The van der Waals surface area contributed by atoms with Gasteiger partial charge in [0.25, 0.3) is 0 Å². The first-order valence-electron chi connectivity index (χ1n) is 10.3. The lowest BCUT2D eigenvalue weighted by Crippen LogP contribution is -2.44. The first-order valence-corrected chi connectivity index (χ1v) is 10.3. The average Bonchev–Trinajstić information content (AvgIpc) is 2.82. The minimum Gasteiger partial charge on any atom is -0.493 e. The van der Waals surface area contributed by atoms with E-state index in [1.54, 1.807) is 62.9 Å². The number of hydrogen-bond acceptors (Lipinski definition) is 7. The van der Waals surface area contributed by atoms with Crippen LogP contribution in [0.1, 0.15) is 35.2 Å². The van der Waals surface area contributed by atoms with Gasteiger partial charge in [0.05, 0.1) is 27.5 Å². The molecular weight excluding hydrogens is 412 g/mol. The molecule has 0 spiro atoms. The number of methoxy groups -OCH3 is 3. The van der Waals surface area contributed by atoms with Crippen LogP contribution in [0, 0.1) is 0 Å². The number of primary amides is 1. The minimum atomic E-state index is -0.513. The van der Waals surface area contributed by atoms with Gasteiger partial charge in [-0.05, 0) is 55.7 Å². The second-order valence-corrected chi connectivity index (χ2v) is 7.27. The monoisotopic (exact) mass is 440 g/mol. The van der Waals surface area contributed by atoms with Gasteiger partial charge in [0, 0.05) is 23.4 Å². The number of benzene rings is 2. The van der Waals surface area contributed by atoms with Crippen LogP contribution in [0.25, 0.3) is 0 Å². The van der Waals surface area contributed by atoms with E-state index in [1.807, 2.05) is 6.07 Å². The second-order valence-electron chi connectivity index (χ2n) is 7.27. The smallest absolute Gasteiger partial charge is 0.248 e. The summed E-state index contributed by atoms with van der Waals surface area (Å²) in [6.07, 6.45) is 4.22. The van der Waals surface area contributed by atoms with Crippen LogP contribution in [0.4, 0.5) is 5.69 Å². The first-order chi connectivity index (χ1) is 15.5. The van der Waals surface area contributed by atoms with Gasteiger partial charge in [-0.1, -0.05) is 0 Å². The van der Waals surface area contributed by atoms with Crippen LogP contribution in [0.3, 0.4) is 0 Å². The maximum Gasteiger partial charge on any atom is 0.248 e. The lowest BCUT2D eigenvalue weighted by molar-refractivity contribution is -0.122. The normalized spacial score (nSPS) is 16.0. The van der Waals surface area contributed by atoms with Gasteiger partial charge < -0.3 is 25.3 Å². The molecule has 0 bridgehead atoms. The highest BCUT2D eigenvalue weighted by molar-refractivity contribution is 5.96. The Kier molecular flexibility index (Phi) is 7.54. The van der Waals surface area contributed by atoms with Crippen molar-refractivity contribution in [3.8, 4) is 17.2 Å². The zero-order chi connectivity index (χ0) is 23.1. The van der Waals surface area contributed by atoms with E-state index >= 15 is 0 Å². The quantitative estimate of drug-likeness (QED) is 0.610. The molecule has 1 aliphatic rings. The van der Waals surface area contributed by atoms with Gasteiger partial charge in [0.1, 0.15) is 6.04 Å². The van der Waals surface area contributed by atoms with Crippen LogP contribution in [0.5, 0.6) is 17.2 Å². The van der Waals surface area contributed by atoms with Gasteiger partial charge in [-0.3, -0.25) is 14.6 Å². The van der Waals surface area contributed by atoms with Crippen LogP contribution in [0.15, 0.2) is 41.5 Å². The van der Waals surface area contributed by atoms with E-state index in [-0.39, 0.29) is 5.91 Å². The van der Waals surface area contributed by atoms with Crippen molar-refractivity contribution in [2.24, 2.45) is 10.8 Å². The number of nitrogens with two attached hydrogens (primary N) is 1. The van der Waals surface area contributed by atoms with Crippen molar-refractivity contribution >= 4 is 23.7 Å². The highest BCUT2D eigenvalue weighted by Crippen LogP contribution is 2.39. The van der Waals surface area contributed by atoms with Gasteiger partial charge in [0.15, 0.2) is 11.5 Å². The van der Waals surface area contributed by atoms with E-state index in [4.69, 9.17) is 19.9 Å². The summed E-state index contributed by atoms with van der Waals surface area (Å²) < 4.78 is 16.2. The highest BCUT2D eigenvalue weighted by atomic mass is 16.5. The Morgan fingerprint density at radius 1 is 1.03 bits per heavy atom. The topological polar surface area (TPSA) is 115 Å². The number of hydrogen-bond donors (Lipinski definition) is 2. The summed E-state index contributed by atoms with van der Waals surface area (Å²) in [5.74, 6) is 0.864. The maximum atomic E-state index is 12.9. The molecule has 3 rings (SSSR count). The van der Waals surface area contributed by atoms with E-state index in [1.165, 1.54) is 0 Å². The van der Waals surface area contributed by atoms with Crippen molar-refractivity contribution < 1.29 is 23.8 Å². The molecule has 0 saturated carbocycles. The molecule has 0 aliphatic carbocycles. The third-order valence-electron chi connectivity index (χ3n) is 5.29. The van der Waals surface area contributed by atoms with Crippen LogP contribution in [-0.2, 0) is 4.79 Å². The average molecular weight is 441 g/mol. The Bertz CT molecular complexity index is 991. The maximum absolute atomic E-state index is 12.9. The number of hydrazone groups is 1. The first kappa shape index (κ1) is 22.9. The van der Waals surface area contributed by atoms with Crippen molar-refractivity contribution in [3.05, 3.63) is 47.5 Å². The summed E-state index contributed by atoms with van der Waals surface area (Å²) >= 11 is 0. The molecule has 2 aromatic rings. The molecule has 9 heteroatoms. The summed E-state index contributed by atoms with van der Waals surface area (Å²) in [4.78, 5) is 24.2. The van der Waals surface area contributed by atoms with Crippen molar-refractivity contribution in [3.63, 3.8) is 0 Å². The molecular formula is C23H28N4O5. The summed E-state index contributed by atoms with van der Waals surface area (Å²) in [7, 11) is 4.65. The van der Waals surface area contributed by atoms with Crippen molar-refractivity contribution in [1.82, 2.24) is 5.01 Å². The molecule has 1 saturated heterocycles. The molecule has 170 valence electrons. The summed E-state index contributed by atoms with van der Waals surface area (Å²) in [6.45, 7) is 0.658. The Hall–Kier alpha value is -3.75. The van der Waals surface area contributed by atoms with Crippen LogP contribution < -0.4 is 25.3 Å². The largest absolute Gasteiger partial charge is 0.493 e. The molecule has 2 amide bonds. The van der Waals surface area contributed by atoms with E-state index in [9.17, 15) is 9.59 Å². The SMILES string of the molecule is COc1ccc(/C=N/N2CCCCC2C(=O)Nc2ccc(C(N)=O)cc2)c(OC)c1OC. The predicted molar refractivity (Wildman–Crippen MR) is 122 cm³/mol. The number of anilines is 1. The number of carbonyl (C=O) groups excluding carboxylic acids is 2. The second kappa shape index (κ2) is 10.5. The molecule has 3 N–H and O–H groups in total. The van der Waals surface area contributed by atoms with E-state index in [2.05, 4.69) is 10.4 Å². The Morgan fingerprint density at radius 3 is 2.38 bits per heavy atom. The third-order valence-corrected chi connectivity index (χ3v) is 5.29. The lowest BCUT2D eigenvalue weighted by atomic mass is 10.0. The van der Waals surface area contributed by atoms with Crippen molar-refractivity contribution in [2.75, 3.05) is 33.2 Å². The van der Waals surface area contributed by atoms with Crippen LogP contribution in [0.2, 0.25) is 0 Å². The molecule has 1 aliphatic heterocycles. The number of rotatable bonds is 8. The zero-order valence-corrected chi connectivity index (χ0v) is 18.5. The number of carbonyl (C=O) groups is 2. The van der Waals surface area contributed by atoms with Gasteiger partial charge in [-0.25, -0.2) is 0 Å². The summed E-state index contributed by atoms with van der Waals surface area (Å²) in [6, 6.07) is 9.66. The molecule has 1 atom stereocenters. The van der Waals surface area contributed by atoms with Gasteiger partial charge >= 0.3 is 0 Å². The third kappa shape index (κ3) is 5.11. The summed E-state index contributed by atoms with van der Waals surface area (Å²) in [5, 5.41) is 9.26. The molecule has 0 radical (unpaired) electrons. The molecule has 2 aromatic carbocycles. The molecule has 0 aromatic heterocycles. The van der Waals surface area contributed by atoms with Crippen LogP contribution >= 0.6 is 0 Å². The zero-order valence-electron chi connectivity index (χ0n) is 18.5. The molecule has 9 nitrogen and oxygen atoms in total. The fourth-order valence-electron chi connectivity index (χ4n) is 3.63. The molecule has 32 heavy (non-hydrogen) atoms. The van der Waals surface area contributed by atoms with Crippen molar-refractivity contribution in [1.29, 1.82) is 0 Å². The Labute approximate surface area is 187 Å². The van der Waals surface area contributed by atoms with E-state index < -0.39 is 11.9 Å². The number of ether oxygens (including phenoxy) is 3. The van der Waals surface area contributed by atoms with E-state index in [0.29, 0.717) is 47.0 Å². The number of amides is 2. The highest BCUT2D eigenvalue weighted by Gasteiger charge is 2.28. The van der Waals surface area contributed by atoms with Crippen LogP contribution in [-0.4, -0.2) is 57.0 Å². The number of nitrogens with zero attached hydrogens (tertiary/aromatic N) is 2. The lowest BCUT2D eigenvalue weighted by Gasteiger charge is -2.32. The molecule has 1 unspecified atom stereocenters. The fraction of sp³-hybridized carbons (Fsp3) is 0.348. The summed E-state index contributed by atoms with van der Waals surface area (Å²) in [5.41, 5.74) is 6.95. The van der Waals surface area contributed by atoms with Gasteiger partial charge in [-0.15, -0.1) is 0 Å². The predicted octanol–water partition coefficient (Wildman–Crippen LogP) is 2.64. The van der Waals surface area contributed by atoms with Gasteiger partial charge in [0.2, 0.25) is 17.6 Å². The minimum absolute atomic E-state index is 0.159. The molecule has 1 fully saturated rings. The number of nitrogens with one attached hydrogen (secondary N) is 1. The van der Waals surface area contributed by atoms with Crippen molar-refractivity contribution in [2.45, 2.75) is 25.3 Å². The van der Waals surface area contributed by atoms with E-state index in [0.717, 1.165) is 12.8 Å². The number of piperidine rings is 1. The van der Waals surface area contributed by atoms with Gasteiger partial charge in [-0.2, -0.15) is 5.10 Å².